The smallest absolute Gasteiger partial charge is 0.274 e. The molecule has 1 aromatic carbocycles. The number of benzene rings is 1. The number of halogens is 1. The minimum Gasteiger partial charge on any atom is -0.496 e. The van der Waals surface area contributed by atoms with Crippen LogP contribution in [0.25, 0.3) is 0 Å². The molecule has 0 spiro atoms. The van der Waals surface area contributed by atoms with Gasteiger partial charge in [-0.2, -0.15) is 0 Å². The predicted molar refractivity (Wildman–Crippen MR) is 60.3 cm³/mol. The number of hydrogen-bond donors (Lipinski definition) is 1. The zero-order valence-corrected chi connectivity index (χ0v) is 9.65. The summed E-state index contributed by atoms with van der Waals surface area (Å²) in [4.78, 5) is 10.1. The number of non-ortho nitro benzene ring substituents is 1. The van der Waals surface area contributed by atoms with Gasteiger partial charge in [-0.3, -0.25) is 10.1 Å². The summed E-state index contributed by atoms with van der Waals surface area (Å²) in [5, 5.41) is 10.5. The fourth-order valence-corrected chi connectivity index (χ4v) is 1.89. The van der Waals surface area contributed by atoms with Gasteiger partial charge >= 0.3 is 0 Å². The zero-order valence-electron chi connectivity index (χ0n) is 7.49. The Labute approximate surface area is 94.5 Å². The molecule has 0 aromatic heterocycles. The van der Waals surface area contributed by atoms with Crippen LogP contribution in [0.2, 0.25) is 0 Å². The molecule has 2 N–H and O–H groups in total. The van der Waals surface area contributed by atoms with E-state index in [-0.39, 0.29) is 5.69 Å². The molecule has 0 amide bonds. The molecular formula is C8H9IN2O3. The molecule has 1 rings (SSSR count). The number of methoxy groups -OCH3 is 1. The topological polar surface area (TPSA) is 78.4 Å². The molecule has 76 valence electrons. The fourth-order valence-electron chi connectivity index (χ4n) is 1.08. The summed E-state index contributed by atoms with van der Waals surface area (Å²) in [5.41, 5.74) is 6.31. The Balaban J connectivity index is 3.31. The van der Waals surface area contributed by atoms with Crippen molar-refractivity contribution in [3.05, 3.63) is 31.4 Å². The third kappa shape index (κ3) is 2.13. The van der Waals surface area contributed by atoms with Crippen LogP contribution >= 0.6 is 22.6 Å². The van der Waals surface area contributed by atoms with Crippen molar-refractivity contribution in [3.63, 3.8) is 0 Å². The molecule has 0 radical (unpaired) electrons. The van der Waals surface area contributed by atoms with Gasteiger partial charge in [-0.05, 0) is 22.6 Å². The molecule has 6 heteroatoms. The van der Waals surface area contributed by atoms with Gasteiger partial charge < -0.3 is 10.5 Å². The van der Waals surface area contributed by atoms with Crippen molar-refractivity contribution >= 4 is 28.3 Å². The summed E-state index contributed by atoms with van der Waals surface area (Å²) in [6.45, 7) is 0.305. The van der Waals surface area contributed by atoms with Gasteiger partial charge in [-0.1, -0.05) is 0 Å². The summed E-state index contributed by atoms with van der Waals surface area (Å²) in [7, 11) is 1.47. The molecular weight excluding hydrogens is 299 g/mol. The molecule has 1 aromatic rings. The maximum atomic E-state index is 10.5. The molecule has 0 unspecified atom stereocenters. The second kappa shape index (κ2) is 4.56. The molecule has 0 fully saturated rings. The van der Waals surface area contributed by atoms with Gasteiger partial charge in [0.25, 0.3) is 5.69 Å². The maximum Gasteiger partial charge on any atom is 0.274 e. The lowest BCUT2D eigenvalue weighted by molar-refractivity contribution is -0.385. The van der Waals surface area contributed by atoms with Crippen molar-refractivity contribution in [3.8, 4) is 5.75 Å². The van der Waals surface area contributed by atoms with Crippen molar-refractivity contribution in [1.29, 1.82) is 0 Å². The van der Waals surface area contributed by atoms with E-state index in [0.717, 1.165) is 9.13 Å². The van der Waals surface area contributed by atoms with E-state index in [1.165, 1.54) is 19.2 Å². The molecule has 0 saturated heterocycles. The van der Waals surface area contributed by atoms with Gasteiger partial charge in [0, 0.05) is 21.7 Å². The third-order valence-corrected chi connectivity index (χ3v) is 2.74. The van der Waals surface area contributed by atoms with Crippen LogP contribution in [0.1, 0.15) is 5.56 Å². The Morgan fingerprint density at radius 2 is 2.29 bits per heavy atom. The van der Waals surface area contributed by atoms with Crippen LogP contribution in [0, 0.1) is 13.7 Å². The van der Waals surface area contributed by atoms with E-state index in [1.807, 2.05) is 22.6 Å². The molecule has 0 atom stereocenters. The number of nitrogens with zero attached hydrogens (tertiary/aromatic N) is 1. The van der Waals surface area contributed by atoms with E-state index in [2.05, 4.69) is 0 Å². The summed E-state index contributed by atoms with van der Waals surface area (Å²) in [6.07, 6.45) is 0. The van der Waals surface area contributed by atoms with Crippen LogP contribution in [-0.2, 0) is 6.54 Å². The van der Waals surface area contributed by atoms with Crippen molar-refractivity contribution in [2.45, 2.75) is 6.54 Å². The monoisotopic (exact) mass is 308 g/mol. The van der Waals surface area contributed by atoms with Gasteiger partial charge in [0.05, 0.1) is 18.1 Å². The maximum absolute atomic E-state index is 10.5. The standard InChI is InChI=1S/C8H9IN2O3/c1-14-8-3-5(11(12)13)2-7(9)6(8)4-10/h2-3H,4,10H2,1H3. The highest BCUT2D eigenvalue weighted by Gasteiger charge is 2.14. The van der Waals surface area contributed by atoms with E-state index < -0.39 is 4.92 Å². The molecule has 0 bridgehead atoms. The molecule has 5 nitrogen and oxygen atoms in total. The SMILES string of the molecule is COc1cc([N+](=O)[O-])cc(I)c1CN. The average molecular weight is 308 g/mol. The molecule has 0 aliphatic rings. The minimum absolute atomic E-state index is 0.0171. The quantitative estimate of drug-likeness (QED) is 0.523. The first kappa shape index (κ1) is 11.2. The highest BCUT2D eigenvalue weighted by molar-refractivity contribution is 14.1. The normalized spacial score (nSPS) is 9.93. The predicted octanol–water partition coefficient (Wildman–Crippen LogP) is 1.67. The molecule has 0 aliphatic carbocycles. The van der Waals surface area contributed by atoms with Gasteiger partial charge in [-0.15, -0.1) is 0 Å². The summed E-state index contributed by atoms with van der Waals surface area (Å²) < 4.78 is 5.77. The lowest BCUT2D eigenvalue weighted by Crippen LogP contribution is -2.03. The Morgan fingerprint density at radius 1 is 1.64 bits per heavy atom. The third-order valence-electron chi connectivity index (χ3n) is 1.77. The second-order valence-electron chi connectivity index (χ2n) is 2.57. The second-order valence-corrected chi connectivity index (χ2v) is 3.73. The number of hydrogen-bond acceptors (Lipinski definition) is 4. The lowest BCUT2D eigenvalue weighted by Gasteiger charge is -2.08. The van der Waals surface area contributed by atoms with Crippen LogP contribution in [0.5, 0.6) is 5.75 Å². The fraction of sp³-hybridized carbons (Fsp3) is 0.250. The first-order chi connectivity index (χ1) is 6.60. The Kier molecular flexibility index (Phi) is 3.64. The number of nitrogens with two attached hydrogens (primary N) is 1. The van der Waals surface area contributed by atoms with Crippen molar-refractivity contribution in [1.82, 2.24) is 0 Å². The molecule has 0 aliphatic heterocycles. The van der Waals surface area contributed by atoms with E-state index in [0.29, 0.717) is 12.3 Å². The van der Waals surface area contributed by atoms with Crippen LogP contribution < -0.4 is 10.5 Å². The van der Waals surface area contributed by atoms with Gasteiger partial charge in [0.1, 0.15) is 5.75 Å². The molecule has 14 heavy (non-hydrogen) atoms. The van der Waals surface area contributed by atoms with Crippen LogP contribution in [0.3, 0.4) is 0 Å². The number of rotatable bonds is 3. The summed E-state index contributed by atoms with van der Waals surface area (Å²) in [6, 6.07) is 2.86. The van der Waals surface area contributed by atoms with Crippen molar-refractivity contribution in [2.75, 3.05) is 7.11 Å². The number of nitro groups is 1. The molecule has 0 heterocycles. The highest BCUT2D eigenvalue weighted by Crippen LogP contribution is 2.29. The number of nitro benzene ring substituents is 1. The largest absolute Gasteiger partial charge is 0.496 e. The number of ether oxygens (including phenoxy) is 1. The highest BCUT2D eigenvalue weighted by atomic mass is 127. The van der Waals surface area contributed by atoms with Crippen LogP contribution in [0.4, 0.5) is 5.69 Å². The Hall–Kier alpha value is -0.890. The first-order valence-corrected chi connectivity index (χ1v) is 4.89. The van der Waals surface area contributed by atoms with Gasteiger partial charge in [0.15, 0.2) is 0 Å². The Bertz CT molecular complexity index is 368. The van der Waals surface area contributed by atoms with E-state index >= 15 is 0 Å². The van der Waals surface area contributed by atoms with Crippen LogP contribution in [0.15, 0.2) is 12.1 Å². The zero-order chi connectivity index (χ0) is 10.7. The van der Waals surface area contributed by atoms with E-state index in [4.69, 9.17) is 10.5 Å². The average Bonchev–Trinajstić information content (AvgIpc) is 2.16. The minimum atomic E-state index is -0.453. The first-order valence-electron chi connectivity index (χ1n) is 3.81. The van der Waals surface area contributed by atoms with E-state index in [9.17, 15) is 10.1 Å². The van der Waals surface area contributed by atoms with E-state index in [1.54, 1.807) is 0 Å². The summed E-state index contributed by atoms with van der Waals surface area (Å²) >= 11 is 2.00. The van der Waals surface area contributed by atoms with Crippen LogP contribution in [-0.4, -0.2) is 12.0 Å². The lowest BCUT2D eigenvalue weighted by atomic mass is 10.2. The van der Waals surface area contributed by atoms with Gasteiger partial charge in [0.2, 0.25) is 0 Å². The van der Waals surface area contributed by atoms with Gasteiger partial charge in [-0.25, -0.2) is 0 Å². The molecule has 0 saturated carbocycles. The summed E-state index contributed by atoms with van der Waals surface area (Å²) in [5.74, 6) is 0.464. The van der Waals surface area contributed by atoms with Crippen molar-refractivity contribution < 1.29 is 9.66 Å². The van der Waals surface area contributed by atoms with Crippen molar-refractivity contribution in [2.24, 2.45) is 5.73 Å². The Morgan fingerprint density at radius 3 is 2.71 bits per heavy atom.